The van der Waals surface area contributed by atoms with Gasteiger partial charge in [-0.25, -0.2) is 22.9 Å². The second-order valence-corrected chi connectivity index (χ2v) is 7.91. The van der Waals surface area contributed by atoms with Crippen LogP contribution < -0.4 is 14.8 Å². The van der Waals surface area contributed by atoms with Gasteiger partial charge in [0.15, 0.2) is 0 Å². The van der Waals surface area contributed by atoms with Crippen LogP contribution in [-0.4, -0.2) is 44.0 Å². The molecular weight excluding hydrogens is 414 g/mol. The van der Waals surface area contributed by atoms with E-state index in [1.54, 1.807) is 20.8 Å². The highest BCUT2D eigenvalue weighted by atomic mass is 32.2. The Labute approximate surface area is 173 Å². The molecule has 0 atom stereocenters. The second-order valence-electron chi connectivity index (χ2n) is 6.23. The van der Waals surface area contributed by atoms with Gasteiger partial charge >= 0.3 is 6.16 Å². The molecule has 2 rings (SSSR count). The van der Waals surface area contributed by atoms with Crippen molar-refractivity contribution in [2.75, 3.05) is 6.54 Å². The Balaban J connectivity index is 2.10. The van der Waals surface area contributed by atoms with Crippen LogP contribution in [0.1, 0.15) is 41.5 Å². The number of rotatable bonds is 7. The van der Waals surface area contributed by atoms with Crippen LogP contribution >= 0.6 is 0 Å². The molecule has 2 aromatic rings. The fourth-order valence-corrected chi connectivity index (χ4v) is 3.20. The number of amides is 2. The molecule has 2 N–H and O–H groups in total. The third kappa shape index (κ3) is 6.27. The first-order chi connectivity index (χ1) is 14.1. The number of aromatic nitrogens is 1. The van der Waals surface area contributed by atoms with Crippen LogP contribution in [0.2, 0.25) is 0 Å². The SMILES string of the molecule is CCNC(=O)c1cccc(S(=O)(=O)NC(=O)c2ccc(OC(=O)OC(C)C)nc2)c1. The van der Waals surface area contributed by atoms with E-state index in [9.17, 15) is 22.8 Å². The maximum absolute atomic E-state index is 12.5. The van der Waals surface area contributed by atoms with E-state index in [1.807, 2.05) is 4.72 Å². The normalized spacial score (nSPS) is 10.9. The van der Waals surface area contributed by atoms with E-state index in [2.05, 4.69) is 10.3 Å². The van der Waals surface area contributed by atoms with Crippen molar-refractivity contribution in [3.05, 3.63) is 53.7 Å². The first kappa shape index (κ1) is 22.8. The van der Waals surface area contributed by atoms with E-state index in [0.29, 0.717) is 6.54 Å². The van der Waals surface area contributed by atoms with E-state index in [4.69, 9.17) is 9.47 Å². The number of hydrogen-bond donors (Lipinski definition) is 2. The Hall–Kier alpha value is -3.47. The lowest BCUT2D eigenvalue weighted by Gasteiger charge is -2.09. The molecule has 0 unspecified atom stereocenters. The highest BCUT2D eigenvalue weighted by Crippen LogP contribution is 2.14. The molecule has 1 aromatic carbocycles. The van der Waals surface area contributed by atoms with Gasteiger partial charge in [0.1, 0.15) is 0 Å². The zero-order valence-electron chi connectivity index (χ0n) is 16.5. The number of nitrogens with zero attached hydrogens (tertiary/aromatic N) is 1. The molecule has 0 aliphatic rings. The van der Waals surface area contributed by atoms with Crippen molar-refractivity contribution in [1.29, 1.82) is 0 Å². The van der Waals surface area contributed by atoms with Gasteiger partial charge < -0.3 is 14.8 Å². The molecule has 1 aromatic heterocycles. The largest absolute Gasteiger partial charge is 0.515 e. The van der Waals surface area contributed by atoms with Crippen molar-refractivity contribution < 1.29 is 32.3 Å². The second kappa shape index (κ2) is 9.83. The van der Waals surface area contributed by atoms with Crippen molar-refractivity contribution in [1.82, 2.24) is 15.0 Å². The van der Waals surface area contributed by atoms with Crippen LogP contribution in [0.25, 0.3) is 0 Å². The van der Waals surface area contributed by atoms with Gasteiger partial charge in [-0.2, -0.15) is 0 Å². The summed E-state index contributed by atoms with van der Waals surface area (Å²) in [5, 5.41) is 2.56. The molecule has 160 valence electrons. The fourth-order valence-electron chi connectivity index (χ4n) is 2.18. The summed E-state index contributed by atoms with van der Waals surface area (Å²) in [5.41, 5.74) is 0.0617. The number of carbonyl (C=O) groups excluding carboxylic acids is 3. The Bertz CT molecular complexity index is 1030. The molecule has 0 bridgehead atoms. The van der Waals surface area contributed by atoms with Gasteiger partial charge in [-0.15, -0.1) is 0 Å². The number of nitrogens with one attached hydrogen (secondary N) is 2. The van der Waals surface area contributed by atoms with Crippen molar-refractivity contribution in [3.8, 4) is 5.88 Å². The zero-order valence-corrected chi connectivity index (χ0v) is 17.4. The molecule has 0 fully saturated rings. The number of benzene rings is 1. The van der Waals surface area contributed by atoms with Crippen molar-refractivity contribution in [2.24, 2.45) is 0 Å². The first-order valence-electron chi connectivity index (χ1n) is 8.92. The van der Waals surface area contributed by atoms with Crippen molar-refractivity contribution in [2.45, 2.75) is 31.8 Å². The zero-order chi connectivity index (χ0) is 22.3. The molecule has 0 saturated heterocycles. The maximum Gasteiger partial charge on any atom is 0.515 e. The van der Waals surface area contributed by atoms with Gasteiger partial charge in [0, 0.05) is 24.4 Å². The third-order valence-corrected chi connectivity index (χ3v) is 4.82. The highest BCUT2D eigenvalue weighted by Gasteiger charge is 2.20. The fraction of sp³-hybridized carbons (Fsp3) is 0.263. The van der Waals surface area contributed by atoms with Crippen LogP contribution in [0.4, 0.5) is 4.79 Å². The Morgan fingerprint density at radius 2 is 1.80 bits per heavy atom. The topological polar surface area (TPSA) is 141 Å². The molecule has 0 aliphatic carbocycles. The van der Waals surface area contributed by atoms with Crippen molar-refractivity contribution >= 4 is 28.0 Å². The van der Waals surface area contributed by atoms with Crippen LogP contribution in [0, 0.1) is 0 Å². The first-order valence-corrected chi connectivity index (χ1v) is 10.4. The minimum absolute atomic E-state index is 0.0805. The Morgan fingerprint density at radius 1 is 1.07 bits per heavy atom. The van der Waals surface area contributed by atoms with Crippen LogP contribution in [0.3, 0.4) is 0 Å². The minimum Gasteiger partial charge on any atom is -0.431 e. The standard InChI is InChI=1S/C19H21N3O7S/c1-4-20-17(23)13-6-5-7-15(10-13)30(26,27)22-18(24)14-8-9-16(21-11-14)29-19(25)28-12(2)3/h5-12H,4H2,1-3H3,(H,20,23)(H,22,24). The number of carbonyl (C=O) groups is 3. The quantitative estimate of drug-likeness (QED) is 0.628. The third-order valence-electron chi connectivity index (χ3n) is 3.49. The summed E-state index contributed by atoms with van der Waals surface area (Å²) >= 11 is 0. The lowest BCUT2D eigenvalue weighted by Crippen LogP contribution is -2.31. The van der Waals surface area contributed by atoms with Gasteiger partial charge in [-0.1, -0.05) is 6.07 Å². The molecular formula is C19H21N3O7S. The van der Waals surface area contributed by atoms with E-state index < -0.39 is 28.0 Å². The average Bonchev–Trinajstić information content (AvgIpc) is 2.68. The smallest absolute Gasteiger partial charge is 0.431 e. The number of pyridine rings is 1. The summed E-state index contributed by atoms with van der Waals surface area (Å²) in [5.74, 6) is -1.49. The minimum atomic E-state index is -4.23. The Morgan fingerprint density at radius 3 is 2.40 bits per heavy atom. The molecule has 1 heterocycles. The number of sulfonamides is 1. The highest BCUT2D eigenvalue weighted by molar-refractivity contribution is 7.90. The molecule has 10 nitrogen and oxygen atoms in total. The lowest BCUT2D eigenvalue weighted by molar-refractivity contribution is 0.0715. The monoisotopic (exact) mass is 435 g/mol. The summed E-state index contributed by atoms with van der Waals surface area (Å²) in [6.07, 6.45) is -0.280. The molecule has 0 radical (unpaired) electrons. The molecule has 30 heavy (non-hydrogen) atoms. The average molecular weight is 435 g/mol. The van der Waals surface area contributed by atoms with Crippen LogP contribution in [-0.2, 0) is 14.8 Å². The van der Waals surface area contributed by atoms with Crippen molar-refractivity contribution in [3.63, 3.8) is 0 Å². The molecule has 0 aliphatic heterocycles. The Kier molecular flexibility index (Phi) is 7.48. The summed E-state index contributed by atoms with van der Waals surface area (Å²) in [6, 6.07) is 7.73. The van der Waals surface area contributed by atoms with E-state index >= 15 is 0 Å². The van der Waals surface area contributed by atoms with E-state index in [-0.39, 0.29) is 28.0 Å². The summed E-state index contributed by atoms with van der Waals surface area (Å²) in [4.78, 5) is 39.1. The van der Waals surface area contributed by atoms with Gasteiger partial charge in [-0.05, 0) is 45.0 Å². The molecule has 0 saturated carbocycles. The van der Waals surface area contributed by atoms with Gasteiger partial charge in [0.05, 0.1) is 16.6 Å². The lowest BCUT2D eigenvalue weighted by atomic mass is 10.2. The van der Waals surface area contributed by atoms with Gasteiger partial charge in [-0.3, -0.25) is 9.59 Å². The molecule has 0 spiro atoms. The summed E-state index contributed by atoms with van der Waals surface area (Å²) < 4.78 is 36.5. The van der Waals surface area contributed by atoms with Crippen LogP contribution in [0.5, 0.6) is 5.88 Å². The van der Waals surface area contributed by atoms with Gasteiger partial charge in [0.25, 0.3) is 21.8 Å². The number of ether oxygens (including phenoxy) is 2. The van der Waals surface area contributed by atoms with Crippen LogP contribution in [0.15, 0.2) is 47.5 Å². The summed E-state index contributed by atoms with van der Waals surface area (Å²) in [6.45, 7) is 5.41. The molecule has 11 heteroatoms. The molecule has 2 amide bonds. The van der Waals surface area contributed by atoms with E-state index in [1.165, 1.54) is 30.3 Å². The predicted octanol–water partition coefficient (Wildman–Crippen LogP) is 1.87. The van der Waals surface area contributed by atoms with E-state index in [0.717, 1.165) is 12.3 Å². The maximum atomic E-state index is 12.5. The summed E-state index contributed by atoms with van der Waals surface area (Å²) in [7, 11) is -4.23. The van der Waals surface area contributed by atoms with Gasteiger partial charge in [0.2, 0.25) is 5.88 Å². The number of hydrogen-bond acceptors (Lipinski definition) is 8. The predicted molar refractivity (Wildman–Crippen MR) is 106 cm³/mol.